The number of nitrogen functional groups attached to an aromatic ring is 1. The van der Waals surface area contributed by atoms with Crippen LogP contribution in [-0.4, -0.2) is 30.4 Å². The predicted octanol–water partition coefficient (Wildman–Crippen LogP) is 1.25. The molecular weight excluding hydrogens is 218 g/mol. The van der Waals surface area contributed by atoms with Gasteiger partial charge in [0.15, 0.2) is 5.82 Å². The molecule has 1 aliphatic rings. The lowest BCUT2D eigenvalue weighted by Crippen LogP contribution is -2.18. The van der Waals surface area contributed by atoms with Crippen molar-refractivity contribution in [2.45, 2.75) is 19.3 Å². The van der Waals surface area contributed by atoms with Crippen LogP contribution in [0.5, 0.6) is 5.88 Å². The highest BCUT2D eigenvalue weighted by Gasteiger charge is 2.41. The van der Waals surface area contributed by atoms with E-state index in [9.17, 15) is 0 Å². The molecule has 0 radical (unpaired) electrons. The Bertz CT molecular complexity index is 391. The van der Waals surface area contributed by atoms with Crippen LogP contribution < -0.4 is 15.8 Å². The minimum Gasteiger partial charge on any atom is -0.481 e. The van der Waals surface area contributed by atoms with Crippen LogP contribution in [0.15, 0.2) is 12.1 Å². The smallest absolute Gasteiger partial charge is 0.215 e. The number of ether oxygens (including phenoxy) is 1. The first-order valence-electron chi connectivity index (χ1n) is 5.84. The molecule has 0 aliphatic heterocycles. The second kappa shape index (κ2) is 4.79. The van der Waals surface area contributed by atoms with Gasteiger partial charge in [-0.2, -0.15) is 4.98 Å². The number of aliphatic hydroxyl groups is 1. The van der Waals surface area contributed by atoms with Gasteiger partial charge in [0, 0.05) is 19.2 Å². The van der Waals surface area contributed by atoms with Crippen molar-refractivity contribution < 1.29 is 9.84 Å². The molecule has 94 valence electrons. The molecule has 1 aliphatic carbocycles. The Labute approximate surface area is 101 Å². The van der Waals surface area contributed by atoms with Crippen molar-refractivity contribution in [2.24, 2.45) is 5.41 Å². The zero-order chi connectivity index (χ0) is 12.3. The van der Waals surface area contributed by atoms with Crippen molar-refractivity contribution >= 4 is 11.5 Å². The Morgan fingerprint density at radius 1 is 1.53 bits per heavy atom. The average Bonchev–Trinajstić information content (AvgIpc) is 3.09. The Morgan fingerprint density at radius 2 is 2.29 bits per heavy atom. The number of rotatable bonds is 6. The number of aromatic nitrogens is 1. The van der Waals surface area contributed by atoms with Gasteiger partial charge in [-0.05, 0) is 30.7 Å². The molecule has 0 aromatic carbocycles. The first kappa shape index (κ1) is 12.0. The van der Waals surface area contributed by atoms with E-state index in [1.807, 2.05) is 0 Å². The number of nitrogens with one attached hydrogen (secondary N) is 1. The van der Waals surface area contributed by atoms with Crippen LogP contribution in [0.2, 0.25) is 0 Å². The Balaban J connectivity index is 1.98. The molecule has 1 fully saturated rings. The van der Waals surface area contributed by atoms with Gasteiger partial charge in [0.25, 0.3) is 0 Å². The van der Waals surface area contributed by atoms with E-state index in [1.54, 1.807) is 19.2 Å². The maximum absolute atomic E-state index is 8.99. The molecule has 1 saturated carbocycles. The highest BCUT2D eigenvalue weighted by Crippen LogP contribution is 2.48. The van der Waals surface area contributed by atoms with Crippen LogP contribution in [0.1, 0.15) is 19.3 Å². The van der Waals surface area contributed by atoms with E-state index in [4.69, 9.17) is 15.6 Å². The monoisotopic (exact) mass is 237 g/mol. The van der Waals surface area contributed by atoms with Crippen LogP contribution in [0.4, 0.5) is 11.5 Å². The second-order valence-electron chi connectivity index (χ2n) is 4.62. The lowest BCUT2D eigenvalue weighted by atomic mass is 10.0. The standard InChI is InChI=1S/C12H19N3O2/c1-17-10-3-2-9(13)11(15-10)14-8-12(4-5-12)6-7-16/h2-3,16H,4-8,13H2,1H3,(H,14,15). The van der Waals surface area contributed by atoms with E-state index < -0.39 is 0 Å². The van der Waals surface area contributed by atoms with E-state index in [1.165, 1.54) is 0 Å². The Kier molecular flexibility index (Phi) is 3.38. The number of nitrogens with two attached hydrogens (primary N) is 1. The third-order valence-electron chi connectivity index (χ3n) is 3.34. The van der Waals surface area contributed by atoms with Gasteiger partial charge in [-0.15, -0.1) is 0 Å². The fourth-order valence-corrected chi connectivity index (χ4v) is 1.91. The van der Waals surface area contributed by atoms with Crippen LogP contribution in [-0.2, 0) is 0 Å². The number of anilines is 2. The zero-order valence-corrected chi connectivity index (χ0v) is 10.1. The summed E-state index contributed by atoms with van der Waals surface area (Å²) >= 11 is 0. The van der Waals surface area contributed by atoms with E-state index >= 15 is 0 Å². The van der Waals surface area contributed by atoms with Gasteiger partial charge in [-0.3, -0.25) is 0 Å². The summed E-state index contributed by atoms with van der Waals surface area (Å²) < 4.78 is 5.06. The zero-order valence-electron chi connectivity index (χ0n) is 10.1. The molecule has 2 rings (SSSR count). The molecule has 0 atom stereocenters. The molecule has 5 nitrogen and oxygen atoms in total. The second-order valence-corrected chi connectivity index (χ2v) is 4.62. The third-order valence-corrected chi connectivity index (χ3v) is 3.34. The summed E-state index contributed by atoms with van der Waals surface area (Å²) in [6, 6.07) is 3.51. The van der Waals surface area contributed by atoms with Crippen molar-refractivity contribution in [1.29, 1.82) is 0 Å². The van der Waals surface area contributed by atoms with Gasteiger partial charge in [-0.1, -0.05) is 0 Å². The molecule has 0 saturated heterocycles. The summed E-state index contributed by atoms with van der Waals surface area (Å²) in [4.78, 5) is 4.26. The van der Waals surface area contributed by atoms with E-state index in [-0.39, 0.29) is 12.0 Å². The summed E-state index contributed by atoms with van der Waals surface area (Å²) in [7, 11) is 1.58. The number of hydrogen-bond donors (Lipinski definition) is 3. The van der Waals surface area contributed by atoms with E-state index in [2.05, 4.69) is 10.3 Å². The summed E-state index contributed by atoms with van der Waals surface area (Å²) in [6.45, 7) is 1.04. The molecule has 1 heterocycles. The summed E-state index contributed by atoms with van der Waals surface area (Å²) in [6.07, 6.45) is 3.15. The van der Waals surface area contributed by atoms with Crippen molar-refractivity contribution in [3.63, 3.8) is 0 Å². The summed E-state index contributed by atoms with van der Waals surface area (Å²) in [5, 5.41) is 12.2. The summed E-state index contributed by atoms with van der Waals surface area (Å²) in [5.74, 6) is 1.21. The van der Waals surface area contributed by atoms with Crippen LogP contribution in [0.25, 0.3) is 0 Å². The number of aliphatic hydroxyl groups excluding tert-OH is 1. The van der Waals surface area contributed by atoms with Gasteiger partial charge in [0.2, 0.25) is 5.88 Å². The number of hydrogen-bond acceptors (Lipinski definition) is 5. The van der Waals surface area contributed by atoms with Gasteiger partial charge in [0.05, 0.1) is 12.8 Å². The molecule has 1 aromatic rings. The third kappa shape index (κ3) is 2.79. The largest absolute Gasteiger partial charge is 0.481 e. The molecule has 4 N–H and O–H groups in total. The molecule has 17 heavy (non-hydrogen) atoms. The van der Waals surface area contributed by atoms with Crippen LogP contribution in [0.3, 0.4) is 0 Å². The first-order valence-corrected chi connectivity index (χ1v) is 5.84. The van der Waals surface area contributed by atoms with Crippen LogP contribution in [0, 0.1) is 5.41 Å². The number of pyridine rings is 1. The number of nitrogens with zero attached hydrogens (tertiary/aromatic N) is 1. The highest BCUT2D eigenvalue weighted by atomic mass is 16.5. The Hall–Kier alpha value is -1.49. The van der Waals surface area contributed by atoms with Gasteiger partial charge >= 0.3 is 0 Å². The maximum Gasteiger partial charge on any atom is 0.215 e. The van der Waals surface area contributed by atoms with E-state index in [0.717, 1.165) is 25.8 Å². The normalized spacial score (nSPS) is 16.6. The van der Waals surface area contributed by atoms with Gasteiger partial charge < -0.3 is 20.9 Å². The van der Waals surface area contributed by atoms with Gasteiger partial charge in [0.1, 0.15) is 0 Å². The predicted molar refractivity (Wildman–Crippen MR) is 67.1 cm³/mol. The van der Waals surface area contributed by atoms with Gasteiger partial charge in [-0.25, -0.2) is 0 Å². The molecule has 0 amide bonds. The highest BCUT2D eigenvalue weighted by molar-refractivity contribution is 5.62. The van der Waals surface area contributed by atoms with Crippen molar-refractivity contribution in [3.8, 4) is 5.88 Å². The average molecular weight is 237 g/mol. The molecule has 0 bridgehead atoms. The number of methoxy groups -OCH3 is 1. The molecule has 1 aromatic heterocycles. The minimum absolute atomic E-state index is 0.239. The summed E-state index contributed by atoms with van der Waals surface area (Å²) in [5.41, 5.74) is 6.70. The lowest BCUT2D eigenvalue weighted by Gasteiger charge is -2.16. The minimum atomic E-state index is 0.239. The maximum atomic E-state index is 8.99. The SMILES string of the molecule is COc1ccc(N)c(NCC2(CCO)CC2)n1. The van der Waals surface area contributed by atoms with E-state index in [0.29, 0.717) is 17.4 Å². The molecular formula is C12H19N3O2. The Morgan fingerprint density at radius 3 is 2.88 bits per heavy atom. The topological polar surface area (TPSA) is 80.4 Å². The lowest BCUT2D eigenvalue weighted by molar-refractivity contribution is 0.253. The van der Waals surface area contributed by atoms with Crippen molar-refractivity contribution in [2.75, 3.05) is 31.3 Å². The van der Waals surface area contributed by atoms with Crippen LogP contribution >= 0.6 is 0 Å². The first-order chi connectivity index (χ1) is 8.19. The fourth-order valence-electron chi connectivity index (χ4n) is 1.91. The fraction of sp³-hybridized carbons (Fsp3) is 0.583. The van der Waals surface area contributed by atoms with Crippen molar-refractivity contribution in [1.82, 2.24) is 4.98 Å². The quantitative estimate of drug-likeness (QED) is 0.693. The molecule has 0 spiro atoms. The molecule has 0 unspecified atom stereocenters. The van der Waals surface area contributed by atoms with Crippen molar-refractivity contribution in [3.05, 3.63) is 12.1 Å². The molecule has 5 heteroatoms.